The second-order valence-corrected chi connectivity index (χ2v) is 9.73. The molecule has 1 heterocycles. The molecule has 1 aromatic heterocycles. The number of carbonyl (C=O) groups is 2. The van der Waals surface area contributed by atoms with E-state index >= 15 is 0 Å². The van der Waals surface area contributed by atoms with Crippen LogP contribution in [-0.2, 0) is 22.6 Å². The maximum absolute atomic E-state index is 13.6. The highest BCUT2D eigenvalue weighted by Crippen LogP contribution is 2.25. The first-order valence-electron chi connectivity index (χ1n) is 13.1. The number of aromatic nitrogens is 1. The number of pyridine rings is 1. The number of amides is 2. The number of rotatable bonds is 11. The van der Waals surface area contributed by atoms with Crippen LogP contribution in [-0.4, -0.2) is 52.4 Å². The van der Waals surface area contributed by atoms with Crippen LogP contribution in [0.4, 0.5) is 14.9 Å². The van der Waals surface area contributed by atoms with Crippen LogP contribution in [0.15, 0.2) is 67.0 Å². The molecule has 1 saturated carbocycles. The summed E-state index contributed by atoms with van der Waals surface area (Å²) in [5.41, 5.74) is 2.93. The molecule has 0 aliphatic heterocycles. The molecule has 39 heavy (non-hydrogen) atoms. The molecular formula is C30H34FN3O5. The van der Waals surface area contributed by atoms with E-state index in [-0.39, 0.29) is 24.8 Å². The van der Waals surface area contributed by atoms with Gasteiger partial charge in [-0.05, 0) is 73.6 Å². The average Bonchev–Trinajstić information content (AvgIpc) is 2.92. The number of ether oxygens (including phenoxy) is 2. The average molecular weight is 536 g/mol. The zero-order valence-corrected chi connectivity index (χ0v) is 22.0. The predicted octanol–water partition coefficient (Wildman–Crippen LogP) is 5.81. The Hall–Kier alpha value is -3.82. The number of hydrogen-bond donors (Lipinski definition) is 2. The zero-order chi connectivity index (χ0) is 27.6. The van der Waals surface area contributed by atoms with Gasteiger partial charge in [-0.15, -0.1) is 0 Å². The maximum atomic E-state index is 13.6. The number of nitrogens with zero attached hydrogens (tertiary/aromatic N) is 2. The van der Waals surface area contributed by atoms with E-state index < -0.39 is 11.8 Å². The molecule has 3 aromatic rings. The molecule has 2 atom stereocenters. The molecule has 1 unspecified atom stereocenters. The number of benzene rings is 2. The van der Waals surface area contributed by atoms with E-state index in [1.165, 1.54) is 12.1 Å². The normalized spacial score (nSPS) is 17.0. The molecule has 1 fully saturated rings. The van der Waals surface area contributed by atoms with E-state index in [1.54, 1.807) is 48.5 Å². The Morgan fingerprint density at radius 2 is 1.90 bits per heavy atom. The Morgan fingerprint density at radius 3 is 2.64 bits per heavy atom. The summed E-state index contributed by atoms with van der Waals surface area (Å²) in [5.74, 6) is -1.38. The Kier molecular flexibility index (Phi) is 9.99. The first-order valence-corrected chi connectivity index (χ1v) is 13.1. The molecule has 1 aliphatic rings. The second-order valence-electron chi connectivity index (χ2n) is 9.73. The molecule has 206 valence electrons. The third-order valence-electron chi connectivity index (χ3n) is 6.80. The van der Waals surface area contributed by atoms with Crippen molar-refractivity contribution in [3.05, 3.63) is 95.1 Å². The molecule has 2 N–H and O–H groups in total. The van der Waals surface area contributed by atoms with Crippen molar-refractivity contribution < 1.29 is 28.6 Å². The fourth-order valence-electron chi connectivity index (χ4n) is 4.83. The highest BCUT2D eigenvalue weighted by Gasteiger charge is 2.25. The van der Waals surface area contributed by atoms with E-state index in [0.29, 0.717) is 48.5 Å². The van der Waals surface area contributed by atoms with Crippen LogP contribution >= 0.6 is 0 Å². The van der Waals surface area contributed by atoms with E-state index in [1.807, 2.05) is 18.2 Å². The SMILES string of the molecule is Cc1cccc(COC2CCC[C@H](OCCN(Cc3cccnc3)C(=O)Nc3cccc(F)c3)C2)c1C(=O)O. The molecule has 8 nitrogen and oxygen atoms in total. The summed E-state index contributed by atoms with van der Waals surface area (Å²) in [7, 11) is 0. The Labute approximate surface area is 227 Å². The second kappa shape index (κ2) is 13.8. The molecule has 1 aliphatic carbocycles. The topological polar surface area (TPSA) is 101 Å². The van der Waals surface area contributed by atoms with Crippen LogP contribution < -0.4 is 5.32 Å². The minimum Gasteiger partial charge on any atom is -0.478 e. The van der Waals surface area contributed by atoms with Crippen molar-refractivity contribution in [1.82, 2.24) is 9.88 Å². The summed E-state index contributed by atoms with van der Waals surface area (Å²) in [5, 5.41) is 12.3. The van der Waals surface area contributed by atoms with Crippen LogP contribution in [0.1, 0.15) is 52.7 Å². The monoisotopic (exact) mass is 535 g/mol. The summed E-state index contributed by atoms with van der Waals surface area (Å²) >= 11 is 0. The van der Waals surface area contributed by atoms with Gasteiger partial charge < -0.3 is 24.8 Å². The van der Waals surface area contributed by atoms with Gasteiger partial charge in [0.1, 0.15) is 5.82 Å². The van der Waals surface area contributed by atoms with Crippen molar-refractivity contribution in [3.63, 3.8) is 0 Å². The lowest BCUT2D eigenvalue weighted by atomic mass is 9.94. The van der Waals surface area contributed by atoms with Gasteiger partial charge >= 0.3 is 12.0 Å². The van der Waals surface area contributed by atoms with E-state index in [4.69, 9.17) is 9.47 Å². The van der Waals surface area contributed by atoms with Gasteiger partial charge in [-0.1, -0.05) is 30.3 Å². The summed E-state index contributed by atoms with van der Waals surface area (Å²) in [6.07, 6.45) is 6.74. The number of carboxylic acid groups (broad SMARTS) is 1. The number of urea groups is 1. The van der Waals surface area contributed by atoms with Gasteiger partial charge in [-0.2, -0.15) is 0 Å². The van der Waals surface area contributed by atoms with Gasteiger partial charge in [0.05, 0.1) is 31.0 Å². The molecule has 9 heteroatoms. The smallest absolute Gasteiger partial charge is 0.336 e. The summed E-state index contributed by atoms with van der Waals surface area (Å²) in [4.78, 5) is 30.5. The van der Waals surface area contributed by atoms with Gasteiger partial charge in [0.15, 0.2) is 0 Å². The van der Waals surface area contributed by atoms with Crippen molar-refractivity contribution >= 4 is 17.7 Å². The molecule has 0 spiro atoms. The highest BCUT2D eigenvalue weighted by atomic mass is 19.1. The summed E-state index contributed by atoms with van der Waals surface area (Å²) in [6, 6.07) is 14.5. The molecule has 0 radical (unpaired) electrons. The van der Waals surface area contributed by atoms with Crippen LogP contribution in [0.2, 0.25) is 0 Å². The number of aromatic carboxylic acids is 1. The zero-order valence-electron chi connectivity index (χ0n) is 22.0. The lowest BCUT2D eigenvalue weighted by Crippen LogP contribution is -2.38. The van der Waals surface area contributed by atoms with Crippen LogP contribution in [0.3, 0.4) is 0 Å². The molecule has 0 saturated heterocycles. The minimum atomic E-state index is -0.950. The number of hydrogen-bond acceptors (Lipinski definition) is 5. The van der Waals surface area contributed by atoms with E-state index in [9.17, 15) is 19.1 Å². The quantitative estimate of drug-likeness (QED) is 0.322. The summed E-state index contributed by atoms with van der Waals surface area (Å²) in [6.45, 7) is 3.02. The standard InChI is InChI=1S/C30H34FN3O5/c1-21-6-2-8-23(28(21)29(35)36)20-39-27-12-4-11-26(17-27)38-15-14-34(19-22-7-5-13-32-18-22)30(37)33-25-10-3-9-24(31)16-25/h2-3,5-10,13,16,18,26-27H,4,11-12,14-15,17,19-20H2,1H3,(H,33,37)(H,35,36)/t26-,27?/m0/s1. The number of nitrogens with one attached hydrogen (secondary N) is 1. The van der Waals surface area contributed by atoms with Gasteiger partial charge in [0.25, 0.3) is 0 Å². The highest BCUT2D eigenvalue weighted by molar-refractivity contribution is 5.91. The largest absolute Gasteiger partial charge is 0.478 e. The third kappa shape index (κ3) is 8.33. The Balaban J connectivity index is 1.31. The Morgan fingerprint density at radius 1 is 1.10 bits per heavy atom. The maximum Gasteiger partial charge on any atom is 0.336 e. The van der Waals surface area contributed by atoms with Gasteiger partial charge in [-0.25, -0.2) is 14.0 Å². The number of anilines is 1. The van der Waals surface area contributed by atoms with Crippen LogP contribution in [0, 0.1) is 12.7 Å². The van der Waals surface area contributed by atoms with Crippen molar-refractivity contribution in [3.8, 4) is 0 Å². The van der Waals surface area contributed by atoms with Crippen molar-refractivity contribution in [1.29, 1.82) is 0 Å². The van der Waals surface area contributed by atoms with E-state index in [2.05, 4.69) is 10.3 Å². The van der Waals surface area contributed by atoms with Crippen molar-refractivity contribution in [2.24, 2.45) is 0 Å². The van der Waals surface area contributed by atoms with Crippen molar-refractivity contribution in [2.75, 3.05) is 18.5 Å². The number of halogens is 1. The van der Waals surface area contributed by atoms with E-state index in [0.717, 1.165) is 24.8 Å². The summed E-state index contributed by atoms with van der Waals surface area (Å²) < 4.78 is 25.9. The van der Waals surface area contributed by atoms with Crippen LogP contribution in [0.25, 0.3) is 0 Å². The first-order chi connectivity index (χ1) is 18.9. The molecule has 4 rings (SSSR count). The third-order valence-corrected chi connectivity index (χ3v) is 6.80. The minimum absolute atomic E-state index is 0.0215. The van der Waals surface area contributed by atoms with Crippen LogP contribution in [0.5, 0.6) is 0 Å². The predicted molar refractivity (Wildman–Crippen MR) is 145 cm³/mol. The molecule has 2 amide bonds. The fraction of sp³-hybridized carbons (Fsp3) is 0.367. The van der Waals surface area contributed by atoms with Gasteiger partial charge in [0.2, 0.25) is 0 Å². The lowest BCUT2D eigenvalue weighted by molar-refractivity contribution is -0.0524. The molecule has 0 bridgehead atoms. The fourth-order valence-corrected chi connectivity index (χ4v) is 4.83. The van der Waals surface area contributed by atoms with Crippen molar-refractivity contribution in [2.45, 2.75) is 58.0 Å². The van der Waals surface area contributed by atoms with Gasteiger partial charge in [0, 0.05) is 31.2 Å². The first kappa shape index (κ1) is 28.2. The molecular weight excluding hydrogens is 501 g/mol. The number of carboxylic acids is 1. The molecule has 2 aromatic carbocycles. The Bertz CT molecular complexity index is 1260. The number of carbonyl (C=O) groups excluding carboxylic acids is 1. The lowest BCUT2D eigenvalue weighted by Gasteiger charge is -2.30. The van der Waals surface area contributed by atoms with Gasteiger partial charge in [-0.3, -0.25) is 4.98 Å². The number of aryl methyl sites for hydroxylation is 1.